The average Bonchev–Trinajstić information content (AvgIpc) is 2.62. The van der Waals surface area contributed by atoms with Gasteiger partial charge in [0.2, 0.25) is 11.6 Å². The van der Waals surface area contributed by atoms with Gasteiger partial charge < -0.3 is 10.6 Å². The molecule has 3 rings (SSSR count). The van der Waals surface area contributed by atoms with Gasteiger partial charge in [0.1, 0.15) is 18.0 Å². The predicted molar refractivity (Wildman–Crippen MR) is 89.9 cm³/mol. The van der Waals surface area contributed by atoms with E-state index in [2.05, 4.69) is 25.6 Å². The second kappa shape index (κ2) is 7.30. The lowest BCUT2D eigenvalue weighted by Gasteiger charge is -2.09. The summed E-state index contributed by atoms with van der Waals surface area (Å²) in [4.78, 5) is 22.8. The molecule has 0 radical (unpaired) electrons. The van der Waals surface area contributed by atoms with E-state index in [1.54, 1.807) is 36.5 Å². The molecular weight excluding hydrogens is 327 g/mol. The van der Waals surface area contributed by atoms with Gasteiger partial charge in [-0.05, 0) is 29.8 Å². The number of pyridine rings is 1. The van der Waals surface area contributed by atoms with Crippen LogP contribution in [0.25, 0.3) is 0 Å². The molecule has 0 aliphatic heterocycles. The van der Waals surface area contributed by atoms with Gasteiger partial charge in [-0.3, -0.25) is 10.1 Å². The minimum absolute atomic E-state index is 0.0281. The molecule has 0 aliphatic carbocycles. The first kappa shape index (κ1) is 16.2. The van der Waals surface area contributed by atoms with E-state index in [9.17, 15) is 14.5 Å². The van der Waals surface area contributed by atoms with Crippen LogP contribution in [-0.4, -0.2) is 19.9 Å². The number of rotatable bonds is 6. The Morgan fingerprint density at radius 1 is 1.04 bits per heavy atom. The van der Waals surface area contributed by atoms with E-state index in [0.717, 1.165) is 5.56 Å². The van der Waals surface area contributed by atoms with Crippen molar-refractivity contribution in [2.45, 2.75) is 6.54 Å². The summed E-state index contributed by atoms with van der Waals surface area (Å²) in [5.74, 6) is 0.162. The standard InChI is InChI=1S/C16H13FN6O2/c17-12-6-4-11(5-7-12)9-19-15-14(23(24)25)16(21-10-20-15)22-13-3-1-2-8-18-13/h1-8,10H,9H2,(H2,18,19,20,21,22). The number of aromatic nitrogens is 3. The van der Waals surface area contributed by atoms with Crippen molar-refractivity contribution in [1.82, 2.24) is 15.0 Å². The summed E-state index contributed by atoms with van der Waals surface area (Å²) in [5.41, 5.74) is 0.462. The van der Waals surface area contributed by atoms with E-state index in [4.69, 9.17) is 0 Å². The molecule has 1 aromatic carbocycles. The van der Waals surface area contributed by atoms with Crippen LogP contribution in [0.3, 0.4) is 0 Å². The van der Waals surface area contributed by atoms with Crippen molar-refractivity contribution < 1.29 is 9.31 Å². The first-order valence-corrected chi connectivity index (χ1v) is 7.29. The molecule has 2 heterocycles. The smallest absolute Gasteiger partial charge is 0.353 e. The van der Waals surface area contributed by atoms with Gasteiger partial charge >= 0.3 is 5.69 Å². The third-order valence-electron chi connectivity index (χ3n) is 3.29. The first-order valence-electron chi connectivity index (χ1n) is 7.29. The number of anilines is 3. The Kier molecular flexibility index (Phi) is 4.74. The summed E-state index contributed by atoms with van der Waals surface area (Å²) in [6.07, 6.45) is 2.77. The highest BCUT2D eigenvalue weighted by atomic mass is 19.1. The topological polar surface area (TPSA) is 106 Å². The van der Waals surface area contributed by atoms with E-state index in [-0.39, 0.29) is 29.7 Å². The maximum Gasteiger partial charge on any atom is 0.353 e. The molecule has 0 bridgehead atoms. The Labute approximate surface area is 141 Å². The third-order valence-corrected chi connectivity index (χ3v) is 3.29. The monoisotopic (exact) mass is 340 g/mol. The highest BCUT2D eigenvalue weighted by molar-refractivity contribution is 5.72. The molecule has 2 aromatic heterocycles. The van der Waals surface area contributed by atoms with Crippen molar-refractivity contribution in [1.29, 1.82) is 0 Å². The maximum atomic E-state index is 12.9. The lowest BCUT2D eigenvalue weighted by molar-refractivity contribution is -0.383. The fourth-order valence-electron chi connectivity index (χ4n) is 2.12. The Hall–Kier alpha value is -3.62. The van der Waals surface area contributed by atoms with Crippen molar-refractivity contribution in [3.8, 4) is 0 Å². The van der Waals surface area contributed by atoms with Gasteiger partial charge in [0.25, 0.3) is 0 Å². The van der Waals surface area contributed by atoms with Crippen molar-refractivity contribution in [2.75, 3.05) is 10.6 Å². The van der Waals surface area contributed by atoms with Crippen LogP contribution in [0.4, 0.5) is 27.5 Å². The van der Waals surface area contributed by atoms with Crippen LogP contribution in [0.15, 0.2) is 55.0 Å². The van der Waals surface area contributed by atoms with E-state index < -0.39 is 4.92 Å². The van der Waals surface area contributed by atoms with Gasteiger partial charge in [-0.25, -0.2) is 19.3 Å². The summed E-state index contributed by atoms with van der Waals surface area (Å²) in [7, 11) is 0. The molecule has 0 amide bonds. The number of nitrogens with zero attached hydrogens (tertiary/aromatic N) is 4. The van der Waals surface area contributed by atoms with Gasteiger partial charge in [-0.2, -0.15) is 0 Å². The maximum absolute atomic E-state index is 12.9. The molecule has 2 N–H and O–H groups in total. The number of hydrogen-bond acceptors (Lipinski definition) is 7. The van der Waals surface area contributed by atoms with Gasteiger partial charge in [0.05, 0.1) is 4.92 Å². The minimum Gasteiger partial charge on any atom is -0.360 e. The molecule has 0 saturated heterocycles. The van der Waals surface area contributed by atoms with Crippen LogP contribution in [-0.2, 0) is 6.54 Å². The zero-order chi connectivity index (χ0) is 17.6. The third kappa shape index (κ3) is 4.02. The molecule has 25 heavy (non-hydrogen) atoms. The van der Waals surface area contributed by atoms with Gasteiger partial charge in [-0.1, -0.05) is 18.2 Å². The highest BCUT2D eigenvalue weighted by Crippen LogP contribution is 2.30. The quantitative estimate of drug-likeness (QED) is 0.524. The molecule has 0 fully saturated rings. The molecular formula is C16H13FN6O2. The van der Waals surface area contributed by atoms with E-state index in [0.29, 0.717) is 5.82 Å². The Morgan fingerprint density at radius 2 is 1.80 bits per heavy atom. The van der Waals surface area contributed by atoms with Crippen LogP contribution < -0.4 is 10.6 Å². The van der Waals surface area contributed by atoms with Gasteiger partial charge in [0, 0.05) is 12.7 Å². The van der Waals surface area contributed by atoms with Crippen LogP contribution in [0.2, 0.25) is 0 Å². The normalized spacial score (nSPS) is 10.3. The predicted octanol–water partition coefficient (Wildman–Crippen LogP) is 3.27. The Balaban J connectivity index is 1.84. The molecule has 0 saturated carbocycles. The second-order valence-electron chi connectivity index (χ2n) is 5.00. The first-order chi connectivity index (χ1) is 12.1. The summed E-state index contributed by atoms with van der Waals surface area (Å²) in [6.45, 7) is 0.251. The fraction of sp³-hybridized carbons (Fsp3) is 0.0625. The van der Waals surface area contributed by atoms with Crippen LogP contribution in [0.1, 0.15) is 5.56 Å². The highest BCUT2D eigenvalue weighted by Gasteiger charge is 2.23. The van der Waals surface area contributed by atoms with E-state index in [1.165, 1.54) is 18.5 Å². The average molecular weight is 340 g/mol. The van der Waals surface area contributed by atoms with Crippen LogP contribution in [0, 0.1) is 15.9 Å². The molecule has 8 nitrogen and oxygen atoms in total. The number of benzene rings is 1. The minimum atomic E-state index is -0.571. The summed E-state index contributed by atoms with van der Waals surface area (Å²) in [6, 6.07) is 11.0. The molecule has 0 aliphatic rings. The SMILES string of the molecule is O=[N+]([O-])c1c(NCc2ccc(F)cc2)ncnc1Nc1ccccn1. The number of hydrogen-bond donors (Lipinski definition) is 2. The summed E-state index contributed by atoms with van der Waals surface area (Å²) in [5, 5.41) is 17.2. The van der Waals surface area contributed by atoms with Crippen molar-refractivity contribution in [3.05, 3.63) is 76.5 Å². The largest absolute Gasteiger partial charge is 0.360 e. The van der Waals surface area contributed by atoms with E-state index >= 15 is 0 Å². The lowest BCUT2D eigenvalue weighted by Crippen LogP contribution is -2.08. The molecule has 3 aromatic rings. The second-order valence-corrected chi connectivity index (χ2v) is 5.00. The van der Waals surface area contributed by atoms with Crippen molar-refractivity contribution in [3.63, 3.8) is 0 Å². The Morgan fingerprint density at radius 3 is 2.48 bits per heavy atom. The molecule has 126 valence electrons. The molecule has 9 heteroatoms. The molecule has 0 atom stereocenters. The van der Waals surface area contributed by atoms with Crippen LogP contribution in [0.5, 0.6) is 0 Å². The lowest BCUT2D eigenvalue weighted by atomic mass is 10.2. The summed E-state index contributed by atoms with van der Waals surface area (Å²) < 4.78 is 12.9. The fourth-order valence-corrected chi connectivity index (χ4v) is 2.12. The van der Waals surface area contributed by atoms with Crippen LogP contribution >= 0.6 is 0 Å². The zero-order valence-electron chi connectivity index (χ0n) is 12.9. The molecule has 0 spiro atoms. The zero-order valence-corrected chi connectivity index (χ0v) is 12.9. The number of nitrogens with one attached hydrogen (secondary N) is 2. The van der Waals surface area contributed by atoms with Gasteiger partial charge in [0.15, 0.2) is 0 Å². The van der Waals surface area contributed by atoms with E-state index in [1.807, 2.05) is 0 Å². The molecule has 0 unspecified atom stereocenters. The number of nitro groups is 1. The van der Waals surface area contributed by atoms with Gasteiger partial charge in [-0.15, -0.1) is 0 Å². The summed E-state index contributed by atoms with van der Waals surface area (Å²) >= 11 is 0. The number of halogens is 1. The van der Waals surface area contributed by atoms with Crippen molar-refractivity contribution in [2.24, 2.45) is 0 Å². The van der Waals surface area contributed by atoms with Crippen molar-refractivity contribution >= 4 is 23.1 Å². The Bertz CT molecular complexity index is 874.